The van der Waals surface area contributed by atoms with E-state index >= 15 is 0 Å². The minimum Gasteiger partial charge on any atom is -0.379 e. The minimum absolute atomic E-state index is 0.490. The van der Waals surface area contributed by atoms with Gasteiger partial charge >= 0.3 is 0 Å². The van der Waals surface area contributed by atoms with Gasteiger partial charge in [0.1, 0.15) is 0 Å². The molecule has 0 radical (unpaired) electrons. The lowest BCUT2D eigenvalue weighted by atomic mass is 10.5. The van der Waals surface area contributed by atoms with Gasteiger partial charge < -0.3 is 4.74 Å². The van der Waals surface area contributed by atoms with Crippen LogP contribution in [0.15, 0.2) is 0 Å². The maximum atomic E-state index is 11.2. The Hall–Kier alpha value is 0.0300. The number of ether oxygens (including phenoxy) is 1. The molecule has 1 rings (SSSR count). The first-order valence-electron chi connectivity index (χ1n) is 3.72. The molecule has 66 valence electrons. The van der Waals surface area contributed by atoms with Gasteiger partial charge in [0.25, 0.3) is 0 Å². The van der Waals surface area contributed by atoms with Crippen molar-refractivity contribution in [2.45, 2.75) is 6.92 Å². The molecule has 0 bridgehead atoms. The van der Waals surface area contributed by atoms with Crippen molar-refractivity contribution in [3.05, 3.63) is 0 Å². The zero-order valence-corrected chi connectivity index (χ0v) is 7.43. The maximum absolute atomic E-state index is 11.2. The third-order valence-corrected chi connectivity index (χ3v) is 2.62. The van der Waals surface area contributed by atoms with Crippen LogP contribution in [-0.4, -0.2) is 41.4 Å². The monoisotopic (exact) mass is 179 g/mol. The van der Waals surface area contributed by atoms with Gasteiger partial charge in [0.05, 0.1) is 19.8 Å². The van der Waals surface area contributed by atoms with E-state index in [0.29, 0.717) is 32.9 Å². The summed E-state index contributed by atoms with van der Waals surface area (Å²) in [6.07, 6.45) is 0. The predicted molar refractivity (Wildman–Crippen MR) is 42.2 cm³/mol. The average molecular weight is 179 g/mol. The molecule has 0 N–H and O–H groups in total. The molecule has 0 spiro atoms. The fraction of sp³-hybridized carbons (Fsp3) is 1.00. The van der Waals surface area contributed by atoms with Crippen LogP contribution in [0.3, 0.4) is 0 Å². The largest absolute Gasteiger partial charge is 0.379 e. The molecule has 0 aromatic heterocycles. The molecule has 1 aliphatic rings. The molecule has 0 aromatic carbocycles. The molecule has 4 nitrogen and oxygen atoms in total. The highest BCUT2D eigenvalue weighted by molar-refractivity contribution is 7.77. The summed E-state index contributed by atoms with van der Waals surface area (Å²) in [4.78, 5) is 0. The lowest BCUT2D eigenvalue weighted by Crippen LogP contribution is -2.38. The first kappa shape index (κ1) is 9.12. The Morgan fingerprint density at radius 2 is 2.18 bits per heavy atom. The zero-order valence-electron chi connectivity index (χ0n) is 6.62. The lowest BCUT2D eigenvalue weighted by molar-refractivity contribution is 0.0707. The predicted octanol–water partition coefficient (Wildman–Crippen LogP) is -0.0662. The highest BCUT2D eigenvalue weighted by atomic mass is 32.2. The molecule has 0 aromatic rings. The van der Waals surface area contributed by atoms with Crippen LogP contribution in [0.1, 0.15) is 6.92 Å². The highest BCUT2D eigenvalue weighted by Gasteiger charge is 2.16. The quantitative estimate of drug-likeness (QED) is 0.609. The van der Waals surface area contributed by atoms with E-state index in [2.05, 4.69) is 0 Å². The molecule has 1 heterocycles. The molecule has 11 heavy (non-hydrogen) atoms. The zero-order chi connectivity index (χ0) is 8.10. The van der Waals surface area contributed by atoms with Crippen molar-refractivity contribution in [3.8, 4) is 0 Å². The molecular formula is C6H13NO3S. The molecule has 0 amide bonds. The van der Waals surface area contributed by atoms with Gasteiger partial charge in [0.15, 0.2) is 0 Å². The van der Waals surface area contributed by atoms with Gasteiger partial charge in [-0.15, -0.1) is 0 Å². The fourth-order valence-corrected chi connectivity index (χ4v) is 1.67. The van der Waals surface area contributed by atoms with E-state index in [1.54, 1.807) is 4.31 Å². The normalized spacial score (nSPS) is 23.4. The second-order valence-electron chi connectivity index (χ2n) is 2.17. The van der Waals surface area contributed by atoms with E-state index in [1.807, 2.05) is 6.92 Å². The Morgan fingerprint density at radius 1 is 1.55 bits per heavy atom. The number of nitrogens with zero attached hydrogens (tertiary/aromatic N) is 1. The standard InChI is InChI=1S/C6H13NO3S/c1-2-10-11(8)7-3-5-9-6-4-7/h2-6H2,1H3. The van der Waals surface area contributed by atoms with Crippen molar-refractivity contribution < 1.29 is 13.1 Å². The van der Waals surface area contributed by atoms with Crippen LogP contribution in [0.25, 0.3) is 0 Å². The Morgan fingerprint density at radius 3 is 2.73 bits per heavy atom. The van der Waals surface area contributed by atoms with Gasteiger partial charge in [-0.1, -0.05) is 0 Å². The van der Waals surface area contributed by atoms with E-state index in [9.17, 15) is 4.21 Å². The number of rotatable bonds is 3. The van der Waals surface area contributed by atoms with Crippen molar-refractivity contribution in [2.75, 3.05) is 32.9 Å². The van der Waals surface area contributed by atoms with Crippen LogP contribution < -0.4 is 0 Å². The van der Waals surface area contributed by atoms with Crippen LogP contribution in [0.5, 0.6) is 0 Å². The first-order valence-corrected chi connectivity index (χ1v) is 4.75. The van der Waals surface area contributed by atoms with Crippen LogP contribution in [-0.2, 0) is 20.2 Å². The van der Waals surface area contributed by atoms with Crippen LogP contribution in [0.4, 0.5) is 0 Å². The van der Waals surface area contributed by atoms with E-state index in [0.717, 1.165) is 0 Å². The molecule has 1 atom stereocenters. The van der Waals surface area contributed by atoms with Crippen molar-refractivity contribution in [3.63, 3.8) is 0 Å². The summed E-state index contributed by atoms with van der Waals surface area (Å²) < 4.78 is 22.9. The van der Waals surface area contributed by atoms with Crippen molar-refractivity contribution in [1.29, 1.82) is 0 Å². The molecule has 1 fully saturated rings. The van der Waals surface area contributed by atoms with E-state index in [4.69, 9.17) is 8.92 Å². The summed E-state index contributed by atoms with van der Waals surface area (Å²) >= 11 is -1.25. The third kappa shape index (κ3) is 2.86. The summed E-state index contributed by atoms with van der Waals surface area (Å²) in [5.74, 6) is 0. The van der Waals surface area contributed by atoms with Crippen LogP contribution in [0.2, 0.25) is 0 Å². The second-order valence-corrected chi connectivity index (χ2v) is 3.35. The second kappa shape index (κ2) is 4.82. The van der Waals surface area contributed by atoms with Gasteiger partial charge in [-0.3, -0.25) is 4.18 Å². The third-order valence-electron chi connectivity index (χ3n) is 1.40. The fourth-order valence-electron chi connectivity index (χ4n) is 0.871. The molecule has 0 aliphatic carbocycles. The lowest BCUT2D eigenvalue weighted by Gasteiger charge is -2.23. The SMILES string of the molecule is CCOS(=O)N1CCOCC1. The first-order chi connectivity index (χ1) is 5.34. The summed E-state index contributed by atoms with van der Waals surface area (Å²) in [5, 5.41) is 0. The van der Waals surface area contributed by atoms with Gasteiger partial charge in [-0.05, 0) is 6.92 Å². The smallest absolute Gasteiger partial charge is 0.237 e. The molecule has 1 unspecified atom stereocenters. The van der Waals surface area contributed by atoms with Crippen LogP contribution in [0, 0.1) is 0 Å². The summed E-state index contributed by atoms with van der Waals surface area (Å²) in [6, 6.07) is 0. The Bertz CT molecular complexity index is 136. The Balaban J connectivity index is 2.27. The molecule has 0 saturated carbocycles. The van der Waals surface area contributed by atoms with Crippen molar-refractivity contribution in [2.24, 2.45) is 0 Å². The summed E-state index contributed by atoms with van der Waals surface area (Å²) in [6.45, 7) is 5.03. The Labute approximate surface area is 69.3 Å². The van der Waals surface area contributed by atoms with E-state index in [-0.39, 0.29) is 0 Å². The molecule has 5 heteroatoms. The highest BCUT2D eigenvalue weighted by Crippen LogP contribution is 2.01. The molecule has 1 aliphatic heterocycles. The topological polar surface area (TPSA) is 38.8 Å². The number of hydrogen-bond acceptors (Lipinski definition) is 3. The van der Waals surface area contributed by atoms with Gasteiger partial charge in [-0.2, -0.15) is 4.31 Å². The van der Waals surface area contributed by atoms with E-state index in [1.165, 1.54) is 0 Å². The van der Waals surface area contributed by atoms with E-state index < -0.39 is 11.3 Å². The van der Waals surface area contributed by atoms with Gasteiger partial charge in [0.2, 0.25) is 11.3 Å². The number of hydrogen-bond donors (Lipinski definition) is 0. The summed E-state index contributed by atoms with van der Waals surface area (Å²) in [5.41, 5.74) is 0. The maximum Gasteiger partial charge on any atom is 0.237 e. The summed E-state index contributed by atoms with van der Waals surface area (Å²) in [7, 11) is 0. The van der Waals surface area contributed by atoms with Crippen LogP contribution >= 0.6 is 0 Å². The average Bonchev–Trinajstić information content (AvgIpc) is 2.07. The molecular weight excluding hydrogens is 166 g/mol. The Kier molecular flexibility index (Phi) is 3.99. The number of morpholine rings is 1. The van der Waals surface area contributed by atoms with Crippen molar-refractivity contribution >= 4 is 11.3 Å². The van der Waals surface area contributed by atoms with Crippen molar-refractivity contribution in [1.82, 2.24) is 4.31 Å². The molecule has 1 saturated heterocycles. The van der Waals surface area contributed by atoms with Gasteiger partial charge in [-0.25, -0.2) is 4.21 Å². The van der Waals surface area contributed by atoms with Gasteiger partial charge in [0, 0.05) is 13.1 Å². The minimum atomic E-state index is -1.25.